The van der Waals surface area contributed by atoms with Crippen molar-refractivity contribution in [2.24, 2.45) is 0 Å². The largest absolute Gasteiger partial charge is 0.310 e. The van der Waals surface area contributed by atoms with Crippen molar-refractivity contribution < 1.29 is 0 Å². The minimum atomic E-state index is 0.615. The average molecular weight is 273 g/mol. The van der Waals surface area contributed by atoms with Crippen LogP contribution in [-0.2, 0) is 6.54 Å². The summed E-state index contributed by atoms with van der Waals surface area (Å²) in [6.45, 7) is 0.904. The molecule has 1 aromatic carbocycles. The number of pyridine rings is 1. The van der Waals surface area contributed by atoms with Crippen LogP contribution in [0.25, 0.3) is 0 Å². The second-order valence-electron chi connectivity index (χ2n) is 5.16. The molecule has 1 aliphatic rings. The predicted octanol–water partition coefficient (Wildman–Crippen LogP) is 3.77. The number of nitrogens with zero attached hydrogens (tertiary/aromatic N) is 1. The summed E-state index contributed by atoms with van der Waals surface area (Å²) in [5.41, 5.74) is 2.61. The van der Waals surface area contributed by atoms with Gasteiger partial charge in [0.1, 0.15) is 0 Å². The summed E-state index contributed by atoms with van der Waals surface area (Å²) in [6, 6.07) is 12.9. The molecule has 0 bridgehead atoms. The minimum Gasteiger partial charge on any atom is -0.310 e. The van der Waals surface area contributed by atoms with Crippen molar-refractivity contribution in [2.75, 3.05) is 0 Å². The van der Waals surface area contributed by atoms with Crippen LogP contribution in [0.3, 0.4) is 0 Å². The number of halogens is 1. The van der Waals surface area contributed by atoms with Crippen molar-refractivity contribution in [1.29, 1.82) is 0 Å². The molecule has 2 nitrogen and oxygen atoms in total. The second kappa shape index (κ2) is 5.72. The zero-order chi connectivity index (χ0) is 13.1. The molecule has 1 fully saturated rings. The lowest BCUT2D eigenvalue weighted by Gasteiger charge is -2.36. The Kier molecular flexibility index (Phi) is 3.81. The number of rotatable bonds is 4. The van der Waals surface area contributed by atoms with Gasteiger partial charge in [-0.05, 0) is 48.1 Å². The third kappa shape index (κ3) is 3.14. The van der Waals surface area contributed by atoms with Crippen LogP contribution in [0.15, 0.2) is 48.8 Å². The molecule has 0 aliphatic heterocycles. The van der Waals surface area contributed by atoms with E-state index in [-0.39, 0.29) is 0 Å². The number of hydrogen-bond acceptors (Lipinski definition) is 2. The normalized spacial score (nSPS) is 21.9. The van der Waals surface area contributed by atoms with Crippen LogP contribution in [0.1, 0.15) is 29.9 Å². The van der Waals surface area contributed by atoms with E-state index in [2.05, 4.69) is 28.5 Å². The summed E-state index contributed by atoms with van der Waals surface area (Å²) in [6.07, 6.45) is 6.11. The van der Waals surface area contributed by atoms with Gasteiger partial charge in [-0.3, -0.25) is 4.98 Å². The smallest absolute Gasteiger partial charge is 0.0408 e. The number of benzene rings is 1. The van der Waals surface area contributed by atoms with Gasteiger partial charge in [0.05, 0.1) is 0 Å². The lowest BCUT2D eigenvalue weighted by molar-refractivity contribution is 0.289. The molecule has 1 N–H and O–H groups in total. The molecule has 0 atom stereocenters. The number of aromatic nitrogens is 1. The third-order valence-electron chi connectivity index (χ3n) is 3.78. The molecule has 1 aromatic heterocycles. The summed E-state index contributed by atoms with van der Waals surface area (Å²) in [4.78, 5) is 4.12. The van der Waals surface area contributed by atoms with Crippen molar-refractivity contribution in [3.63, 3.8) is 0 Å². The first-order valence-electron chi connectivity index (χ1n) is 6.69. The zero-order valence-electron chi connectivity index (χ0n) is 10.7. The Balaban J connectivity index is 1.48. The van der Waals surface area contributed by atoms with E-state index >= 15 is 0 Å². The van der Waals surface area contributed by atoms with Crippen molar-refractivity contribution in [3.8, 4) is 0 Å². The van der Waals surface area contributed by atoms with E-state index in [0.717, 1.165) is 11.6 Å². The highest BCUT2D eigenvalue weighted by atomic mass is 35.5. The Morgan fingerprint density at radius 3 is 2.84 bits per heavy atom. The maximum absolute atomic E-state index is 6.03. The van der Waals surface area contributed by atoms with Crippen molar-refractivity contribution in [3.05, 3.63) is 64.9 Å². The lowest BCUT2D eigenvalue weighted by atomic mass is 9.76. The molecule has 0 spiro atoms. The van der Waals surface area contributed by atoms with Crippen molar-refractivity contribution >= 4 is 11.6 Å². The van der Waals surface area contributed by atoms with Gasteiger partial charge in [-0.1, -0.05) is 29.8 Å². The van der Waals surface area contributed by atoms with Crippen LogP contribution in [0.4, 0.5) is 0 Å². The van der Waals surface area contributed by atoms with Crippen LogP contribution in [0.2, 0.25) is 5.02 Å². The van der Waals surface area contributed by atoms with E-state index in [1.54, 1.807) is 0 Å². The van der Waals surface area contributed by atoms with Gasteiger partial charge in [-0.2, -0.15) is 0 Å². The van der Waals surface area contributed by atoms with Gasteiger partial charge < -0.3 is 5.32 Å². The number of hydrogen-bond donors (Lipinski definition) is 1. The Labute approximate surface area is 118 Å². The van der Waals surface area contributed by atoms with Gasteiger partial charge in [0.2, 0.25) is 0 Å². The van der Waals surface area contributed by atoms with Crippen LogP contribution in [-0.4, -0.2) is 11.0 Å². The molecule has 0 radical (unpaired) electrons. The van der Waals surface area contributed by atoms with E-state index in [1.807, 2.05) is 30.6 Å². The number of nitrogens with one attached hydrogen (secondary N) is 1. The lowest BCUT2D eigenvalue weighted by Crippen LogP contribution is -2.39. The van der Waals surface area contributed by atoms with Crippen LogP contribution in [0, 0.1) is 0 Å². The van der Waals surface area contributed by atoms with Crippen LogP contribution < -0.4 is 5.32 Å². The van der Waals surface area contributed by atoms with Crippen LogP contribution >= 0.6 is 11.6 Å². The Bertz CT molecular complexity index is 535. The van der Waals surface area contributed by atoms with E-state index < -0.39 is 0 Å². The average Bonchev–Trinajstić information content (AvgIpc) is 2.38. The van der Waals surface area contributed by atoms with Crippen molar-refractivity contribution in [1.82, 2.24) is 10.3 Å². The third-order valence-corrected chi connectivity index (χ3v) is 4.01. The van der Waals surface area contributed by atoms with Gasteiger partial charge in [0.25, 0.3) is 0 Å². The second-order valence-corrected chi connectivity index (χ2v) is 5.60. The fraction of sp³-hybridized carbons (Fsp3) is 0.312. The van der Waals surface area contributed by atoms with E-state index in [9.17, 15) is 0 Å². The molecule has 98 valence electrons. The van der Waals surface area contributed by atoms with Crippen molar-refractivity contribution in [2.45, 2.75) is 31.3 Å². The summed E-state index contributed by atoms with van der Waals surface area (Å²) in [5, 5.41) is 4.41. The van der Waals surface area contributed by atoms with Gasteiger partial charge in [-0.15, -0.1) is 0 Å². The first-order chi connectivity index (χ1) is 9.31. The SMILES string of the molecule is Clc1cccc(C2CC(NCc3cccnc3)C2)c1. The van der Waals surface area contributed by atoms with Gasteiger partial charge >= 0.3 is 0 Å². The molecule has 2 aromatic rings. The molecule has 0 amide bonds. The Morgan fingerprint density at radius 2 is 2.11 bits per heavy atom. The molecule has 1 saturated carbocycles. The fourth-order valence-corrected chi connectivity index (χ4v) is 2.78. The highest BCUT2D eigenvalue weighted by Crippen LogP contribution is 2.37. The first-order valence-corrected chi connectivity index (χ1v) is 7.07. The van der Waals surface area contributed by atoms with Gasteiger partial charge in [-0.25, -0.2) is 0 Å². The topological polar surface area (TPSA) is 24.9 Å². The van der Waals surface area contributed by atoms with E-state index in [0.29, 0.717) is 12.0 Å². The minimum absolute atomic E-state index is 0.615. The highest BCUT2D eigenvalue weighted by Gasteiger charge is 2.29. The molecule has 1 aliphatic carbocycles. The highest BCUT2D eigenvalue weighted by molar-refractivity contribution is 6.30. The molecular formula is C16H17ClN2. The van der Waals surface area contributed by atoms with Crippen LogP contribution in [0.5, 0.6) is 0 Å². The Hall–Kier alpha value is -1.38. The van der Waals surface area contributed by atoms with E-state index in [1.165, 1.54) is 24.0 Å². The molecule has 3 heteroatoms. The summed E-state index contributed by atoms with van der Waals surface area (Å²) < 4.78 is 0. The van der Waals surface area contributed by atoms with E-state index in [4.69, 9.17) is 11.6 Å². The maximum Gasteiger partial charge on any atom is 0.0408 e. The Morgan fingerprint density at radius 1 is 1.21 bits per heavy atom. The summed E-state index contributed by atoms with van der Waals surface area (Å²) in [5.74, 6) is 0.657. The summed E-state index contributed by atoms with van der Waals surface area (Å²) in [7, 11) is 0. The fourth-order valence-electron chi connectivity index (χ4n) is 2.58. The predicted molar refractivity (Wildman–Crippen MR) is 78.3 cm³/mol. The zero-order valence-corrected chi connectivity index (χ0v) is 11.5. The maximum atomic E-state index is 6.03. The quantitative estimate of drug-likeness (QED) is 0.916. The van der Waals surface area contributed by atoms with Gasteiger partial charge in [0.15, 0.2) is 0 Å². The molecule has 19 heavy (non-hydrogen) atoms. The molecule has 0 unspecified atom stereocenters. The molecule has 1 heterocycles. The molecule has 0 saturated heterocycles. The molecular weight excluding hydrogens is 256 g/mol. The molecule has 3 rings (SSSR count). The monoisotopic (exact) mass is 272 g/mol. The first kappa shape index (κ1) is 12.6. The van der Waals surface area contributed by atoms with Gasteiger partial charge in [0, 0.05) is 30.0 Å². The standard InChI is InChI=1S/C16H17ClN2/c17-15-5-1-4-13(7-15)14-8-16(9-14)19-11-12-3-2-6-18-10-12/h1-7,10,14,16,19H,8-9,11H2. The summed E-state index contributed by atoms with van der Waals surface area (Å²) >= 11 is 6.03.